The Bertz CT molecular complexity index is 819. The molecule has 1 N–H and O–H groups in total. The molecular formula is C22H26FNO3. The van der Waals surface area contributed by atoms with Crippen LogP contribution in [0.1, 0.15) is 31.9 Å². The lowest BCUT2D eigenvalue weighted by atomic mass is 10.0. The highest BCUT2D eigenvalue weighted by Crippen LogP contribution is 2.41. The van der Waals surface area contributed by atoms with E-state index >= 15 is 0 Å². The molecule has 0 radical (unpaired) electrons. The van der Waals surface area contributed by atoms with Crippen LogP contribution in [0.4, 0.5) is 4.39 Å². The van der Waals surface area contributed by atoms with Crippen LogP contribution in [0.15, 0.2) is 42.5 Å². The van der Waals surface area contributed by atoms with Gasteiger partial charge in [0.2, 0.25) is 5.91 Å². The van der Waals surface area contributed by atoms with Crippen LogP contribution in [0.25, 0.3) is 0 Å². The van der Waals surface area contributed by atoms with Gasteiger partial charge < -0.3 is 14.8 Å². The minimum Gasteiger partial charge on any atom is -0.488 e. The molecule has 1 heterocycles. The summed E-state index contributed by atoms with van der Waals surface area (Å²) < 4.78 is 25.0. The van der Waals surface area contributed by atoms with Crippen LogP contribution < -0.4 is 14.8 Å². The lowest BCUT2D eigenvalue weighted by molar-refractivity contribution is -0.124. The number of halogens is 1. The molecule has 0 bridgehead atoms. The highest BCUT2D eigenvalue weighted by Gasteiger charge is 2.32. The maximum atomic E-state index is 13.2. The average molecular weight is 371 g/mol. The average Bonchev–Trinajstić information content (AvgIpc) is 2.93. The fourth-order valence-electron chi connectivity index (χ4n) is 3.32. The second kappa shape index (κ2) is 7.99. The van der Waals surface area contributed by atoms with Crippen molar-refractivity contribution in [3.05, 3.63) is 59.4 Å². The summed E-state index contributed by atoms with van der Waals surface area (Å²) in [5.74, 6) is 0.915. The van der Waals surface area contributed by atoms with E-state index in [1.807, 2.05) is 31.2 Å². The zero-order valence-electron chi connectivity index (χ0n) is 16.0. The van der Waals surface area contributed by atoms with Crippen molar-refractivity contribution < 1.29 is 18.7 Å². The van der Waals surface area contributed by atoms with Gasteiger partial charge in [0.15, 0.2) is 11.5 Å². The van der Waals surface area contributed by atoms with Crippen molar-refractivity contribution >= 4 is 5.91 Å². The molecule has 5 heteroatoms. The van der Waals surface area contributed by atoms with Gasteiger partial charge in [-0.15, -0.1) is 0 Å². The number of fused-ring (bicyclic) bond motifs is 1. The summed E-state index contributed by atoms with van der Waals surface area (Å²) in [6.45, 7) is 6.70. The van der Waals surface area contributed by atoms with E-state index in [1.165, 1.54) is 12.1 Å². The number of amides is 1. The topological polar surface area (TPSA) is 47.6 Å². The van der Waals surface area contributed by atoms with Crippen LogP contribution in [0.2, 0.25) is 0 Å². The van der Waals surface area contributed by atoms with Crippen LogP contribution in [-0.2, 0) is 17.6 Å². The SMILES string of the molecule is CC(Cc1cccc(F)c1)C(=O)NCCOc1cccc2c1OC(C)(C)C2. The lowest BCUT2D eigenvalue weighted by Crippen LogP contribution is -2.33. The summed E-state index contributed by atoms with van der Waals surface area (Å²) in [6, 6.07) is 12.2. The van der Waals surface area contributed by atoms with Crippen molar-refractivity contribution in [2.24, 2.45) is 5.92 Å². The molecule has 2 aromatic carbocycles. The minimum absolute atomic E-state index is 0.0708. The number of hydrogen-bond donors (Lipinski definition) is 1. The maximum Gasteiger partial charge on any atom is 0.223 e. The van der Waals surface area contributed by atoms with Gasteiger partial charge in [-0.25, -0.2) is 4.39 Å². The fraction of sp³-hybridized carbons (Fsp3) is 0.409. The Morgan fingerprint density at radius 3 is 2.85 bits per heavy atom. The molecule has 1 aliphatic rings. The number of carbonyl (C=O) groups is 1. The van der Waals surface area contributed by atoms with E-state index in [0.717, 1.165) is 23.3 Å². The molecule has 2 aromatic rings. The van der Waals surface area contributed by atoms with Crippen molar-refractivity contribution in [1.82, 2.24) is 5.32 Å². The van der Waals surface area contributed by atoms with Gasteiger partial charge in [-0.05, 0) is 44.0 Å². The fourth-order valence-corrected chi connectivity index (χ4v) is 3.32. The Morgan fingerprint density at radius 2 is 2.07 bits per heavy atom. The molecule has 3 rings (SSSR count). The monoisotopic (exact) mass is 371 g/mol. The molecule has 1 aliphatic heterocycles. The number of carbonyl (C=O) groups excluding carboxylic acids is 1. The molecular weight excluding hydrogens is 345 g/mol. The lowest BCUT2D eigenvalue weighted by Gasteiger charge is -2.18. The van der Waals surface area contributed by atoms with Gasteiger partial charge in [0.1, 0.15) is 18.0 Å². The number of para-hydroxylation sites is 1. The highest BCUT2D eigenvalue weighted by molar-refractivity contribution is 5.78. The van der Waals surface area contributed by atoms with E-state index in [9.17, 15) is 9.18 Å². The van der Waals surface area contributed by atoms with E-state index in [-0.39, 0.29) is 23.2 Å². The first-order chi connectivity index (χ1) is 12.8. The smallest absolute Gasteiger partial charge is 0.223 e. The normalized spacial score (nSPS) is 15.6. The predicted octanol–water partition coefficient (Wildman–Crippen LogP) is 3.91. The van der Waals surface area contributed by atoms with Crippen molar-refractivity contribution in [3.8, 4) is 11.5 Å². The van der Waals surface area contributed by atoms with E-state index in [4.69, 9.17) is 9.47 Å². The summed E-state index contributed by atoms with van der Waals surface area (Å²) in [5, 5.41) is 2.87. The number of benzene rings is 2. The Hall–Kier alpha value is -2.56. The standard InChI is InChI=1S/C22H26FNO3/c1-15(12-16-6-4-8-18(23)13-16)21(25)24-10-11-26-19-9-5-7-17-14-22(2,3)27-20(17)19/h4-9,13,15H,10-12,14H2,1-3H3,(H,24,25). The summed E-state index contributed by atoms with van der Waals surface area (Å²) in [5.41, 5.74) is 1.74. The molecule has 0 aromatic heterocycles. The summed E-state index contributed by atoms with van der Waals surface area (Å²) in [7, 11) is 0. The number of nitrogens with one attached hydrogen (secondary N) is 1. The number of rotatable bonds is 7. The van der Waals surface area contributed by atoms with E-state index in [2.05, 4.69) is 19.2 Å². The molecule has 1 unspecified atom stereocenters. The zero-order chi connectivity index (χ0) is 19.4. The second-order valence-electron chi connectivity index (χ2n) is 7.66. The van der Waals surface area contributed by atoms with Crippen LogP contribution in [0, 0.1) is 11.7 Å². The van der Waals surface area contributed by atoms with Gasteiger partial charge in [-0.1, -0.05) is 31.2 Å². The molecule has 0 fully saturated rings. The molecule has 1 amide bonds. The first kappa shape index (κ1) is 19.2. The van der Waals surface area contributed by atoms with Gasteiger partial charge in [0.25, 0.3) is 0 Å². The third kappa shape index (κ3) is 5.00. The third-order valence-corrected chi connectivity index (χ3v) is 4.59. The van der Waals surface area contributed by atoms with Crippen LogP contribution in [0.5, 0.6) is 11.5 Å². The molecule has 0 spiro atoms. The number of hydrogen-bond acceptors (Lipinski definition) is 3. The number of ether oxygens (including phenoxy) is 2. The summed E-state index contributed by atoms with van der Waals surface area (Å²) >= 11 is 0. The zero-order valence-corrected chi connectivity index (χ0v) is 16.0. The van der Waals surface area contributed by atoms with Gasteiger partial charge in [0.05, 0.1) is 6.54 Å². The quantitative estimate of drug-likeness (QED) is 0.751. The van der Waals surface area contributed by atoms with Gasteiger partial charge >= 0.3 is 0 Å². The van der Waals surface area contributed by atoms with Gasteiger partial charge in [-0.2, -0.15) is 0 Å². The van der Waals surface area contributed by atoms with E-state index in [1.54, 1.807) is 6.07 Å². The largest absolute Gasteiger partial charge is 0.488 e. The first-order valence-corrected chi connectivity index (χ1v) is 9.30. The predicted molar refractivity (Wildman–Crippen MR) is 103 cm³/mol. The van der Waals surface area contributed by atoms with Crippen LogP contribution >= 0.6 is 0 Å². The minimum atomic E-state index is -0.283. The van der Waals surface area contributed by atoms with Gasteiger partial charge in [0, 0.05) is 17.9 Å². The Morgan fingerprint density at radius 1 is 1.30 bits per heavy atom. The van der Waals surface area contributed by atoms with Crippen LogP contribution in [-0.4, -0.2) is 24.7 Å². The van der Waals surface area contributed by atoms with Crippen molar-refractivity contribution in [2.75, 3.05) is 13.2 Å². The molecule has 0 aliphatic carbocycles. The summed E-state index contributed by atoms with van der Waals surface area (Å²) in [6.07, 6.45) is 1.35. The van der Waals surface area contributed by atoms with E-state index in [0.29, 0.717) is 25.3 Å². The molecule has 144 valence electrons. The van der Waals surface area contributed by atoms with Crippen molar-refractivity contribution in [2.45, 2.75) is 39.2 Å². The molecule has 0 saturated carbocycles. The Labute approximate surface area is 159 Å². The maximum absolute atomic E-state index is 13.2. The second-order valence-corrected chi connectivity index (χ2v) is 7.66. The third-order valence-electron chi connectivity index (χ3n) is 4.59. The summed E-state index contributed by atoms with van der Waals surface area (Å²) in [4.78, 5) is 12.2. The van der Waals surface area contributed by atoms with Crippen molar-refractivity contribution in [3.63, 3.8) is 0 Å². The Balaban J connectivity index is 1.46. The molecule has 4 nitrogen and oxygen atoms in total. The van der Waals surface area contributed by atoms with Crippen LogP contribution in [0.3, 0.4) is 0 Å². The van der Waals surface area contributed by atoms with Crippen molar-refractivity contribution in [1.29, 1.82) is 0 Å². The molecule has 1 atom stereocenters. The van der Waals surface area contributed by atoms with E-state index < -0.39 is 0 Å². The Kier molecular flexibility index (Phi) is 5.68. The molecule has 27 heavy (non-hydrogen) atoms. The highest BCUT2D eigenvalue weighted by atomic mass is 19.1. The molecule has 0 saturated heterocycles. The van der Waals surface area contributed by atoms with Gasteiger partial charge in [-0.3, -0.25) is 4.79 Å². The first-order valence-electron chi connectivity index (χ1n) is 9.30.